The Morgan fingerprint density at radius 3 is 2.74 bits per heavy atom. The van der Waals surface area contributed by atoms with Gasteiger partial charge in [-0.05, 0) is 30.2 Å². The summed E-state index contributed by atoms with van der Waals surface area (Å²) in [5, 5.41) is 12.8. The number of aryl methyl sites for hydroxylation is 1. The molecule has 0 fully saturated rings. The topological polar surface area (TPSA) is 78.9 Å². The predicted molar refractivity (Wildman–Crippen MR) is 77.1 cm³/mol. The van der Waals surface area contributed by atoms with Crippen molar-refractivity contribution in [1.82, 2.24) is 0 Å². The van der Waals surface area contributed by atoms with Gasteiger partial charge in [0.15, 0.2) is 0 Å². The second-order valence-corrected chi connectivity index (χ2v) is 7.11. The highest BCUT2D eigenvalue weighted by Crippen LogP contribution is 2.38. The van der Waals surface area contributed by atoms with E-state index in [0.29, 0.717) is 10.6 Å². The van der Waals surface area contributed by atoms with E-state index in [1.165, 1.54) is 16.2 Å². The van der Waals surface area contributed by atoms with Crippen LogP contribution in [0, 0.1) is 16.7 Å². The van der Waals surface area contributed by atoms with Crippen LogP contribution >= 0.6 is 11.3 Å². The molecular formula is C14H19N3OS. The fraction of sp³-hybridized carbons (Fsp3) is 0.571. The van der Waals surface area contributed by atoms with E-state index in [1.807, 2.05) is 20.8 Å². The van der Waals surface area contributed by atoms with Crippen LogP contribution in [0.5, 0.6) is 0 Å². The highest BCUT2D eigenvalue weighted by Gasteiger charge is 2.29. The van der Waals surface area contributed by atoms with Gasteiger partial charge in [-0.15, -0.1) is 11.3 Å². The number of hydrogen-bond donors (Lipinski definition) is 2. The van der Waals surface area contributed by atoms with Crippen molar-refractivity contribution in [3.05, 3.63) is 16.0 Å². The number of carbonyl (C=O) groups is 1. The molecule has 0 aromatic carbocycles. The third kappa shape index (κ3) is 2.65. The Morgan fingerprint density at radius 1 is 1.47 bits per heavy atom. The SMILES string of the molecule is CC(C)(C)[C@@H](N)C(=O)Nc1sc2c(c1C#N)CCC2. The first-order chi connectivity index (χ1) is 8.84. The van der Waals surface area contributed by atoms with Gasteiger partial charge in [0.05, 0.1) is 11.6 Å². The third-order valence-corrected chi connectivity index (χ3v) is 4.69. The molecule has 5 heteroatoms. The molecule has 0 spiro atoms. The zero-order valence-electron chi connectivity index (χ0n) is 11.5. The second-order valence-electron chi connectivity index (χ2n) is 6.01. The van der Waals surface area contributed by atoms with Crippen molar-refractivity contribution in [2.75, 3.05) is 5.32 Å². The van der Waals surface area contributed by atoms with Gasteiger partial charge in [-0.25, -0.2) is 0 Å². The van der Waals surface area contributed by atoms with E-state index in [0.717, 1.165) is 24.8 Å². The number of fused-ring (bicyclic) bond motifs is 1. The van der Waals surface area contributed by atoms with Crippen LogP contribution in [0.25, 0.3) is 0 Å². The lowest BCUT2D eigenvalue weighted by molar-refractivity contribution is -0.119. The minimum absolute atomic E-state index is 0.219. The summed E-state index contributed by atoms with van der Waals surface area (Å²) in [6.07, 6.45) is 3.05. The summed E-state index contributed by atoms with van der Waals surface area (Å²) in [7, 11) is 0. The van der Waals surface area contributed by atoms with E-state index in [1.54, 1.807) is 0 Å². The largest absolute Gasteiger partial charge is 0.319 e. The molecule has 1 aromatic heterocycles. The van der Waals surface area contributed by atoms with Gasteiger partial charge < -0.3 is 11.1 Å². The van der Waals surface area contributed by atoms with Crippen LogP contribution in [-0.2, 0) is 17.6 Å². The maximum absolute atomic E-state index is 12.1. The Kier molecular flexibility index (Phi) is 3.66. The molecule has 3 N–H and O–H groups in total. The van der Waals surface area contributed by atoms with Crippen molar-refractivity contribution >= 4 is 22.2 Å². The lowest BCUT2D eigenvalue weighted by atomic mass is 9.87. The number of thiophene rings is 1. The second kappa shape index (κ2) is 4.95. The summed E-state index contributed by atoms with van der Waals surface area (Å²) >= 11 is 1.52. The van der Waals surface area contributed by atoms with Gasteiger partial charge >= 0.3 is 0 Å². The molecule has 0 unspecified atom stereocenters. The first kappa shape index (κ1) is 14.0. The summed E-state index contributed by atoms with van der Waals surface area (Å²) in [5.74, 6) is -0.219. The molecule has 0 aliphatic heterocycles. The van der Waals surface area contributed by atoms with Gasteiger partial charge in [-0.2, -0.15) is 5.26 Å². The fourth-order valence-electron chi connectivity index (χ4n) is 2.19. The van der Waals surface area contributed by atoms with Crippen LogP contribution in [0.1, 0.15) is 43.2 Å². The van der Waals surface area contributed by atoms with Gasteiger partial charge in [-0.3, -0.25) is 4.79 Å². The van der Waals surface area contributed by atoms with E-state index in [9.17, 15) is 10.1 Å². The number of carbonyl (C=O) groups excluding carboxylic acids is 1. The maximum atomic E-state index is 12.1. The van der Waals surface area contributed by atoms with Gasteiger partial charge in [0.2, 0.25) is 5.91 Å². The van der Waals surface area contributed by atoms with Crippen LogP contribution in [0.2, 0.25) is 0 Å². The molecule has 0 saturated carbocycles. The standard InChI is InChI=1S/C14H19N3OS/c1-14(2,3)11(16)12(18)17-13-9(7-15)8-5-4-6-10(8)19-13/h11H,4-6,16H2,1-3H3,(H,17,18)/t11-/m0/s1. The van der Waals surface area contributed by atoms with Gasteiger partial charge in [0.25, 0.3) is 0 Å². The lowest BCUT2D eigenvalue weighted by Crippen LogP contribution is -2.45. The van der Waals surface area contributed by atoms with E-state index in [4.69, 9.17) is 5.73 Å². The molecule has 1 aliphatic rings. The first-order valence-corrected chi connectivity index (χ1v) is 7.27. The summed E-state index contributed by atoms with van der Waals surface area (Å²) in [6.45, 7) is 5.78. The molecule has 1 aliphatic carbocycles. The number of anilines is 1. The summed E-state index contributed by atoms with van der Waals surface area (Å²) < 4.78 is 0. The Morgan fingerprint density at radius 2 is 2.16 bits per heavy atom. The number of nitrogens with one attached hydrogen (secondary N) is 1. The number of nitrogens with zero attached hydrogens (tertiary/aromatic N) is 1. The molecule has 1 amide bonds. The average molecular weight is 277 g/mol. The quantitative estimate of drug-likeness (QED) is 0.871. The smallest absolute Gasteiger partial charge is 0.242 e. The summed E-state index contributed by atoms with van der Waals surface area (Å²) in [6, 6.07) is 1.63. The Hall–Kier alpha value is -1.38. The fourth-order valence-corrected chi connectivity index (χ4v) is 3.44. The average Bonchev–Trinajstić information content (AvgIpc) is 2.86. The summed E-state index contributed by atoms with van der Waals surface area (Å²) in [4.78, 5) is 13.3. The minimum atomic E-state index is -0.587. The molecule has 0 saturated heterocycles. The predicted octanol–water partition coefficient (Wildman–Crippen LogP) is 2.42. The van der Waals surface area contributed by atoms with Gasteiger partial charge in [0, 0.05) is 4.88 Å². The molecule has 1 atom stereocenters. The van der Waals surface area contributed by atoms with Crippen molar-refractivity contribution in [3.63, 3.8) is 0 Å². The Labute approximate surface area is 117 Å². The Balaban J connectivity index is 2.21. The highest BCUT2D eigenvalue weighted by molar-refractivity contribution is 7.16. The number of nitrogens with two attached hydrogens (primary N) is 1. The zero-order chi connectivity index (χ0) is 14.2. The number of nitriles is 1. The molecule has 2 rings (SSSR count). The van der Waals surface area contributed by atoms with Crippen LogP contribution in [-0.4, -0.2) is 11.9 Å². The Bertz CT molecular complexity index is 548. The van der Waals surface area contributed by atoms with Crippen molar-refractivity contribution in [1.29, 1.82) is 5.26 Å². The van der Waals surface area contributed by atoms with Gasteiger partial charge in [0.1, 0.15) is 11.1 Å². The minimum Gasteiger partial charge on any atom is -0.319 e. The van der Waals surface area contributed by atoms with Crippen LogP contribution in [0.4, 0.5) is 5.00 Å². The van der Waals surface area contributed by atoms with Crippen LogP contribution in [0.15, 0.2) is 0 Å². The normalized spacial score (nSPS) is 15.7. The van der Waals surface area contributed by atoms with E-state index < -0.39 is 6.04 Å². The molecule has 1 heterocycles. The highest BCUT2D eigenvalue weighted by atomic mass is 32.1. The van der Waals surface area contributed by atoms with Gasteiger partial charge in [-0.1, -0.05) is 20.8 Å². The van der Waals surface area contributed by atoms with Crippen molar-refractivity contribution in [3.8, 4) is 6.07 Å². The molecule has 19 heavy (non-hydrogen) atoms. The monoisotopic (exact) mass is 277 g/mol. The van der Waals surface area contributed by atoms with Crippen molar-refractivity contribution in [2.45, 2.75) is 46.1 Å². The number of hydrogen-bond acceptors (Lipinski definition) is 4. The van der Waals surface area contributed by atoms with E-state index >= 15 is 0 Å². The molecule has 102 valence electrons. The van der Waals surface area contributed by atoms with E-state index in [2.05, 4.69) is 11.4 Å². The number of rotatable bonds is 2. The molecule has 1 aromatic rings. The third-order valence-electron chi connectivity index (χ3n) is 3.49. The first-order valence-electron chi connectivity index (χ1n) is 6.45. The zero-order valence-corrected chi connectivity index (χ0v) is 12.4. The molecule has 0 radical (unpaired) electrons. The van der Waals surface area contributed by atoms with Crippen LogP contribution < -0.4 is 11.1 Å². The maximum Gasteiger partial charge on any atom is 0.242 e. The number of amides is 1. The van der Waals surface area contributed by atoms with Crippen molar-refractivity contribution < 1.29 is 4.79 Å². The van der Waals surface area contributed by atoms with Crippen molar-refractivity contribution in [2.24, 2.45) is 11.1 Å². The molecule has 4 nitrogen and oxygen atoms in total. The lowest BCUT2D eigenvalue weighted by Gasteiger charge is -2.25. The van der Waals surface area contributed by atoms with Crippen LogP contribution in [0.3, 0.4) is 0 Å². The molecule has 0 bridgehead atoms. The molecular weight excluding hydrogens is 258 g/mol. The van der Waals surface area contributed by atoms with E-state index in [-0.39, 0.29) is 11.3 Å². The summed E-state index contributed by atoms with van der Waals surface area (Å²) in [5.41, 5.74) is 7.39.